The third-order valence-corrected chi connectivity index (χ3v) is 2.36. The van der Waals surface area contributed by atoms with Crippen LogP contribution in [0.1, 0.15) is 5.76 Å². The average Bonchev–Trinajstić information content (AvgIpc) is 2.31. The summed E-state index contributed by atoms with van der Waals surface area (Å²) < 4.78 is 5.29. The molecule has 1 aromatic rings. The minimum absolute atomic E-state index is 0.671. The monoisotopic (exact) mass is 176 g/mol. The molecular weight excluding hydrogens is 168 g/mol. The minimum atomic E-state index is 0.671. The zero-order valence-electron chi connectivity index (χ0n) is 5.76. The lowest BCUT2D eigenvalue weighted by Gasteiger charge is -1.90. The van der Waals surface area contributed by atoms with Crippen LogP contribution >= 0.6 is 23.4 Å². The minimum Gasteiger partial charge on any atom is -0.455 e. The second kappa shape index (κ2) is 3.94. The van der Waals surface area contributed by atoms with Crippen LogP contribution in [0.3, 0.4) is 0 Å². The smallest absolute Gasteiger partial charge is 0.160 e. The first-order chi connectivity index (χ1) is 4.83. The van der Waals surface area contributed by atoms with E-state index in [1.807, 2.05) is 19.1 Å². The lowest BCUT2D eigenvalue weighted by molar-refractivity contribution is 0.449. The van der Waals surface area contributed by atoms with Gasteiger partial charge in [-0.05, 0) is 19.1 Å². The van der Waals surface area contributed by atoms with Gasteiger partial charge in [-0.1, -0.05) is 11.8 Å². The molecular formula is C7H9ClOS. The molecule has 0 unspecified atom stereocenters. The topological polar surface area (TPSA) is 13.1 Å². The molecule has 0 N–H and O–H groups in total. The summed E-state index contributed by atoms with van der Waals surface area (Å²) in [5, 5.41) is 0.957. The summed E-state index contributed by atoms with van der Waals surface area (Å²) in [5.74, 6) is 2.54. The van der Waals surface area contributed by atoms with Crippen LogP contribution in [-0.2, 0) is 0 Å². The third kappa shape index (κ3) is 2.27. The summed E-state index contributed by atoms with van der Waals surface area (Å²) in [6, 6.07) is 3.92. The Labute approximate surface area is 69.7 Å². The number of hydrogen-bond donors (Lipinski definition) is 0. The maximum atomic E-state index is 5.50. The molecule has 10 heavy (non-hydrogen) atoms. The molecule has 1 nitrogen and oxygen atoms in total. The van der Waals surface area contributed by atoms with Gasteiger partial charge in [0.1, 0.15) is 5.76 Å². The third-order valence-electron chi connectivity index (χ3n) is 1.04. The highest BCUT2D eigenvalue weighted by molar-refractivity contribution is 7.99. The Bertz CT molecular complexity index is 197. The summed E-state index contributed by atoms with van der Waals surface area (Å²) in [7, 11) is 0. The van der Waals surface area contributed by atoms with Crippen molar-refractivity contribution in [3.63, 3.8) is 0 Å². The van der Waals surface area contributed by atoms with Gasteiger partial charge >= 0.3 is 0 Å². The summed E-state index contributed by atoms with van der Waals surface area (Å²) in [6.45, 7) is 1.94. The molecule has 0 aliphatic rings. The number of aryl methyl sites for hydroxylation is 1. The van der Waals surface area contributed by atoms with E-state index in [1.54, 1.807) is 11.8 Å². The van der Waals surface area contributed by atoms with Crippen LogP contribution < -0.4 is 0 Å². The van der Waals surface area contributed by atoms with Crippen molar-refractivity contribution in [2.24, 2.45) is 0 Å². The van der Waals surface area contributed by atoms with Gasteiger partial charge in [-0.15, -0.1) is 11.6 Å². The molecule has 0 amide bonds. The van der Waals surface area contributed by atoms with Crippen LogP contribution in [0, 0.1) is 6.92 Å². The zero-order chi connectivity index (χ0) is 7.40. The van der Waals surface area contributed by atoms with Crippen LogP contribution in [0.2, 0.25) is 0 Å². The Kier molecular flexibility index (Phi) is 3.16. The Morgan fingerprint density at radius 2 is 2.40 bits per heavy atom. The van der Waals surface area contributed by atoms with Gasteiger partial charge in [-0.2, -0.15) is 0 Å². The van der Waals surface area contributed by atoms with Gasteiger partial charge in [0.05, 0.1) is 0 Å². The number of alkyl halides is 1. The maximum Gasteiger partial charge on any atom is 0.160 e. The largest absolute Gasteiger partial charge is 0.455 e. The second-order valence-corrected chi connectivity index (χ2v) is 3.38. The van der Waals surface area contributed by atoms with Crippen molar-refractivity contribution < 1.29 is 4.42 Å². The number of thioether (sulfide) groups is 1. The number of hydrogen-bond acceptors (Lipinski definition) is 2. The Balaban J connectivity index is 2.42. The highest BCUT2D eigenvalue weighted by Gasteiger charge is 1.96. The van der Waals surface area contributed by atoms with Crippen molar-refractivity contribution in [2.45, 2.75) is 12.0 Å². The summed E-state index contributed by atoms with van der Waals surface area (Å²) in [4.78, 5) is 0. The number of halogens is 1. The van der Waals surface area contributed by atoms with E-state index in [1.165, 1.54) is 0 Å². The molecule has 1 heterocycles. The van der Waals surface area contributed by atoms with Crippen LogP contribution in [0.15, 0.2) is 21.6 Å². The predicted octanol–water partition coefficient (Wildman–Crippen LogP) is 2.92. The van der Waals surface area contributed by atoms with Crippen molar-refractivity contribution >= 4 is 23.4 Å². The summed E-state index contributed by atoms with van der Waals surface area (Å²) in [6.07, 6.45) is 0. The number of rotatable bonds is 3. The molecule has 0 bridgehead atoms. The van der Waals surface area contributed by atoms with E-state index in [-0.39, 0.29) is 0 Å². The van der Waals surface area contributed by atoms with Gasteiger partial charge in [0.25, 0.3) is 0 Å². The van der Waals surface area contributed by atoms with E-state index in [2.05, 4.69) is 0 Å². The summed E-state index contributed by atoms with van der Waals surface area (Å²) >= 11 is 7.14. The fourth-order valence-corrected chi connectivity index (χ4v) is 1.49. The second-order valence-electron chi connectivity index (χ2n) is 1.90. The molecule has 0 aliphatic carbocycles. The van der Waals surface area contributed by atoms with Gasteiger partial charge < -0.3 is 4.42 Å². The van der Waals surface area contributed by atoms with Crippen molar-refractivity contribution in [1.29, 1.82) is 0 Å². The summed E-state index contributed by atoms with van der Waals surface area (Å²) in [5.41, 5.74) is 0. The fourth-order valence-electron chi connectivity index (χ4n) is 0.629. The SMILES string of the molecule is Cc1ccc(SCCCl)o1. The van der Waals surface area contributed by atoms with E-state index in [9.17, 15) is 0 Å². The van der Waals surface area contributed by atoms with E-state index in [4.69, 9.17) is 16.0 Å². The molecule has 0 saturated carbocycles. The van der Waals surface area contributed by atoms with Gasteiger partial charge in [0.2, 0.25) is 0 Å². The first kappa shape index (κ1) is 8.02. The van der Waals surface area contributed by atoms with Gasteiger partial charge in [-0.25, -0.2) is 0 Å². The molecule has 0 aliphatic heterocycles. The Hall–Kier alpha value is -0.0800. The van der Waals surface area contributed by atoms with Crippen molar-refractivity contribution in [3.05, 3.63) is 17.9 Å². The highest BCUT2D eigenvalue weighted by Crippen LogP contribution is 2.20. The fraction of sp³-hybridized carbons (Fsp3) is 0.429. The van der Waals surface area contributed by atoms with E-state index in [0.29, 0.717) is 5.88 Å². The molecule has 0 spiro atoms. The van der Waals surface area contributed by atoms with E-state index >= 15 is 0 Å². The lowest BCUT2D eigenvalue weighted by Crippen LogP contribution is -1.75. The highest BCUT2D eigenvalue weighted by atomic mass is 35.5. The molecule has 0 radical (unpaired) electrons. The molecule has 1 aromatic heterocycles. The van der Waals surface area contributed by atoms with Crippen LogP contribution in [-0.4, -0.2) is 11.6 Å². The van der Waals surface area contributed by atoms with Gasteiger partial charge in [0.15, 0.2) is 5.09 Å². The molecule has 56 valence electrons. The van der Waals surface area contributed by atoms with Crippen molar-refractivity contribution in [3.8, 4) is 0 Å². The molecule has 0 aromatic carbocycles. The number of furan rings is 1. The first-order valence-corrected chi connectivity index (χ1v) is 4.60. The van der Waals surface area contributed by atoms with Gasteiger partial charge in [0, 0.05) is 11.6 Å². The lowest BCUT2D eigenvalue weighted by atomic mass is 10.5. The maximum absolute atomic E-state index is 5.50. The Morgan fingerprint density at radius 1 is 1.60 bits per heavy atom. The molecule has 1 rings (SSSR count). The van der Waals surface area contributed by atoms with Crippen LogP contribution in [0.5, 0.6) is 0 Å². The van der Waals surface area contributed by atoms with Crippen molar-refractivity contribution in [2.75, 3.05) is 11.6 Å². The molecule has 0 saturated heterocycles. The molecule has 3 heteroatoms. The first-order valence-electron chi connectivity index (χ1n) is 3.08. The van der Waals surface area contributed by atoms with E-state index in [0.717, 1.165) is 16.6 Å². The standard InChI is InChI=1S/C7H9ClOS/c1-6-2-3-7(9-6)10-5-4-8/h2-3H,4-5H2,1H3. The normalized spacial score (nSPS) is 10.2. The quantitative estimate of drug-likeness (QED) is 0.519. The Morgan fingerprint density at radius 3 is 2.90 bits per heavy atom. The van der Waals surface area contributed by atoms with E-state index < -0.39 is 0 Å². The van der Waals surface area contributed by atoms with Gasteiger partial charge in [-0.3, -0.25) is 0 Å². The molecule has 0 atom stereocenters. The van der Waals surface area contributed by atoms with Crippen LogP contribution in [0.25, 0.3) is 0 Å². The average molecular weight is 177 g/mol. The molecule has 0 fully saturated rings. The van der Waals surface area contributed by atoms with Crippen molar-refractivity contribution in [1.82, 2.24) is 0 Å². The predicted molar refractivity (Wildman–Crippen MR) is 44.9 cm³/mol. The zero-order valence-corrected chi connectivity index (χ0v) is 7.34. The van der Waals surface area contributed by atoms with Crippen LogP contribution in [0.4, 0.5) is 0 Å².